The molecule has 0 fully saturated rings. The van der Waals surface area contributed by atoms with Crippen LogP contribution in [0.2, 0.25) is 0 Å². The third kappa shape index (κ3) is 46.7. The van der Waals surface area contributed by atoms with Gasteiger partial charge in [-0.15, -0.1) is 0 Å². The lowest BCUT2D eigenvalue weighted by Crippen LogP contribution is -2.46. The smallest absolute Gasteiger partial charge is 0.391 e. The second-order valence-corrected chi connectivity index (χ2v) is 20.7. The number of rotatable bonds is 48. The number of nitrogens with one attached hydrogen (secondary N) is 1. The highest BCUT2D eigenvalue weighted by Crippen LogP contribution is 2.43. The maximum atomic E-state index is 12.9. The highest BCUT2D eigenvalue weighted by Gasteiger charge is 2.28. The molecule has 0 saturated carbocycles. The van der Waals surface area contributed by atoms with Crippen LogP contribution in [0, 0.1) is 0 Å². The first kappa shape index (κ1) is 60.7. The van der Waals surface area contributed by atoms with Crippen molar-refractivity contribution in [3.63, 3.8) is 0 Å². The summed E-state index contributed by atoms with van der Waals surface area (Å²) >= 11 is 0. The molecule has 0 aromatic carbocycles. The van der Waals surface area contributed by atoms with E-state index in [0.29, 0.717) is 23.9 Å². The first-order chi connectivity index (χ1) is 30.0. The Morgan fingerprint density at radius 3 is 1.34 bits per heavy atom. The van der Waals surface area contributed by atoms with Crippen molar-refractivity contribution in [3.8, 4) is 0 Å². The van der Waals surface area contributed by atoms with Crippen LogP contribution in [0.5, 0.6) is 0 Å². The first-order valence-corrected chi connectivity index (χ1v) is 27.8. The number of likely N-dealkylation sites (N-methyl/N-ethyl adjacent to an activating group) is 1. The van der Waals surface area contributed by atoms with E-state index in [-0.39, 0.29) is 19.1 Å². The molecule has 0 aliphatic heterocycles. The van der Waals surface area contributed by atoms with Gasteiger partial charge in [0, 0.05) is 6.42 Å². The van der Waals surface area contributed by atoms with Crippen LogP contribution in [0.3, 0.4) is 0 Å². The number of hydrogen-bond donors (Lipinski definition) is 3. The quantitative estimate of drug-likeness (QED) is 0.0243. The molecule has 0 aromatic heterocycles. The van der Waals surface area contributed by atoms with Crippen molar-refractivity contribution in [2.45, 2.75) is 257 Å². The van der Waals surface area contributed by atoms with Crippen LogP contribution in [0.1, 0.15) is 245 Å². The standard InChI is InChI=1S/C53H103N2O6P/c1-6-8-10-12-14-15-16-17-18-19-20-21-22-23-24-25-26-27-28-29-30-31-32-33-34-35-36-37-38-39-41-43-45-47-53(57)54-51(52(56)46-44-42-40-13-11-9-7-2)50-61-62(58,59)60-49-48-55(3,4)5/h16-17,19-20,22-23,51-52,56H,6-15,18,21,24-50H2,1-5H3,(H-,54,57,58,59)/p+1/b17-16-,20-19-,23-22-. The molecule has 0 radical (unpaired) electrons. The number of phosphoric ester groups is 1. The summed E-state index contributed by atoms with van der Waals surface area (Å²) < 4.78 is 23.6. The molecule has 3 unspecified atom stereocenters. The molecular weight excluding hydrogens is 792 g/mol. The summed E-state index contributed by atoms with van der Waals surface area (Å²) in [5, 5.41) is 13.9. The Balaban J connectivity index is 3.87. The number of nitrogens with zero attached hydrogens (tertiary/aromatic N) is 1. The number of amides is 1. The van der Waals surface area contributed by atoms with Gasteiger partial charge in [0.05, 0.1) is 39.9 Å². The van der Waals surface area contributed by atoms with E-state index in [1.807, 2.05) is 21.1 Å². The third-order valence-corrected chi connectivity index (χ3v) is 12.9. The molecule has 366 valence electrons. The van der Waals surface area contributed by atoms with Crippen molar-refractivity contribution < 1.29 is 32.9 Å². The van der Waals surface area contributed by atoms with Crippen LogP contribution in [0.4, 0.5) is 0 Å². The van der Waals surface area contributed by atoms with E-state index in [9.17, 15) is 19.4 Å². The molecule has 3 atom stereocenters. The molecule has 0 aliphatic rings. The summed E-state index contributed by atoms with van der Waals surface area (Å²) in [4.78, 5) is 23.1. The van der Waals surface area contributed by atoms with Gasteiger partial charge in [-0.1, -0.05) is 224 Å². The van der Waals surface area contributed by atoms with E-state index in [0.717, 1.165) is 51.4 Å². The largest absolute Gasteiger partial charge is 0.472 e. The van der Waals surface area contributed by atoms with E-state index in [1.165, 1.54) is 167 Å². The summed E-state index contributed by atoms with van der Waals surface area (Å²) in [7, 11) is 1.62. The zero-order valence-corrected chi connectivity index (χ0v) is 42.5. The Bertz CT molecular complexity index is 1110. The average Bonchev–Trinajstić information content (AvgIpc) is 3.23. The number of aliphatic hydroxyl groups is 1. The topological polar surface area (TPSA) is 105 Å². The predicted octanol–water partition coefficient (Wildman–Crippen LogP) is 15.4. The number of unbranched alkanes of at least 4 members (excludes halogenated alkanes) is 29. The van der Waals surface area contributed by atoms with Crippen LogP contribution in [0.15, 0.2) is 36.5 Å². The van der Waals surface area contributed by atoms with Crippen LogP contribution in [0.25, 0.3) is 0 Å². The minimum atomic E-state index is -4.30. The lowest BCUT2D eigenvalue weighted by molar-refractivity contribution is -0.870. The maximum Gasteiger partial charge on any atom is 0.472 e. The van der Waals surface area contributed by atoms with E-state index in [4.69, 9.17) is 9.05 Å². The van der Waals surface area contributed by atoms with Gasteiger partial charge in [-0.05, 0) is 51.4 Å². The minimum absolute atomic E-state index is 0.0751. The van der Waals surface area contributed by atoms with Gasteiger partial charge in [0.1, 0.15) is 13.2 Å². The number of carbonyl (C=O) groups excluding carboxylic acids is 1. The minimum Gasteiger partial charge on any atom is -0.391 e. The molecule has 0 bridgehead atoms. The fraction of sp³-hybridized carbons (Fsp3) is 0.868. The fourth-order valence-corrected chi connectivity index (χ4v) is 8.44. The zero-order chi connectivity index (χ0) is 45.7. The fourth-order valence-electron chi connectivity index (χ4n) is 7.70. The summed E-state index contributed by atoms with van der Waals surface area (Å²) in [6, 6.07) is -0.756. The van der Waals surface area contributed by atoms with Crippen LogP contribution in [-0.4, -0.2) is 73.4 Å². The normalized spacial score (nSPS) is 14.4. The first-order valence-electron chi connectivity index (χ1n) is 26.4. The molecular formula is C53H104N2O6P+. The van der Waals surface area contributed by atoms with E-state index >= 15 is 0 Å². The number of allylic oxidation sites excluding steroid dienone is 6. The molecule has 1 amide bonds. The van der Waals surface area contributed by atoms with Crippen LogP contribution in [-0.2, 0) is 18.4 Å². The third-order valence-electron chi connectivity index (χ3n) is 11.9. The highest BCUT2D eigenvalue weighted by molar-refractivity contribution is 7.47. The van der Waals surface area contributed by atoms with Crippen molar-refractivity contribution >= 4 is 13.7 Å². The van der Waals surface area contributed by atoms with Gasteiger partial charge in [-0.3, -0.25) is 13.8 Å². The second kappa shape index (κ2) is 44.9. The van der Waals surface area contributed by atoms with Crippen molar-refractivity contribution in [2.75, 3.05) is 40.9 Å². The van der Waals surface area contributed by atoms with Crippen molar-refractivity contribution in [1.29, 1.82) is 0 Å². The van der Waals surface area contributed by atoms with Gasteiger partial charge in [0.15, 0.2) is 0 Å². The Kier molecular flexibility index (Phi) is 44.0. The van der Waals surface area contributed by atoms with Gasteiger partial charge in [0.25, 0.3) is 0 Å². The van der Waals surface area contributed by atoms with Gasteiger partial charge in [0.2, 0.25) is 5.91 Å². The van der Waals surface area contributed by atoms with E-state index in [2.05, 4.69) is 55.6 Å². The molecule has 0 spiro atoms. The number of carbonyl (C=O) groups is 1. The van der Waals surface area contributed by atoms with Crippen LogP contribution < -0.4 is 5.32 Å². The molecule has 9 heteroatoms. The lowest BCUT2D eigenvalue weighted by atomic mass is 10.0. The van der Waals surface area contributed by atoms with E-state index in [1.54, 1.807) is 0 Å². The Hall–Kier alpha value is -1.28. The van der Waals surface area contributed by atoms with Crippen molar-refractivity contribution in [3.05, 3.63) is 36.5 Å². The SMILES string of the molecule is CCCCCCC/C=C\C/C=C\C/C=C\CCCCCCCCCCCCCCCCCCCCC(=O)NC(COP(=O)(O)OCC[N+](C)(C)C)C(O)CCCCCCCCC. The second-order valence-electron chi connectivity index (χ2n) is 19.3. The monoisotopic (exact) mass is 896 g/mol. The number of phosphoric acid groups is 1. The van der Waals surface area contributed by atoms with Gasteiger partial charge >= 0.3 is 7.82 Å². The molecule has 0 heterocycles. The molecule has 0 aromatic rings. The molecule has 3 N–H and O–H groups in total. The van der Waals surface area contributed by atoms with Gasteiger partial charge in [-0.2, -0.15) is 0 Å². The molecule has 0 rings (SSSR count). The van der Waals surface area contributed by atoms with Crippen molar-refractivity contribution in [1.82, 2.24) is 5.32 Å². The number of aliphatic hydroxyl groups excluding tert-OH is 1. The summed E-state index contributed by atoms with van der Waals surface area (Å²) in [5.41, 5.74) is 0. The predicted molar refractivity (Wildman–Crippen MR) is 268 cm³/mol. The summed E-state index contributed by atoms with van der Waals surface area (Å²) in [6.45, 7) is 4.84. The number of quaternary nitrogens is 1. The Labute approximate surface area is 385 Å². The van der Waals surface area contributed by atoms with Gasteiger partial charge < -0.3 is 19.8 Å². The summed E-state index contributed by atoms with van der Waals surface area (Å²) in [6.07, 6.45) is 56.6. The molecule has 8 nitrogen and oxygen atoms in total. The zero-order valence-electron chi connectivity index (χ0n) is 41.6. The molecule has 0 saturated heterocycles. The Morgan fingerprint density at radius 2 is 0.919 bits per heavy atom. The molecule has 0 aliphatic carbocycles. The Morgan fingerprint density at radius 1 is 0.548 bits per heavy atom. The maximum absolute atomic E-state index is 12.9. The highest BCUT2D eigenvalue weighted by atomic mass is 31.2. The van der Waals surface area contributed by atoms with Gasteiger partial charge in [-0.25, -0.2) is 4.57 Å². The van der Waals surface area contributed by atoms with Crippen molar-refractivity contribution in [2.24, 2.45) is 0 Å². The number of hydrogen-bond acceptors (Lipinski definition) is 5. The molecule has 62 heavy (non-hydrogen) atoms. The lowest BCUT2D eigenvalue weighted by Gasteiger charge is -2.26. The summed E-state index contributed by atoms with van der Waals surface area (Å²) in [5.74, 6) is -0.147. The van der Waals surface area contributed by atoms with E-state index < -0.39 is 20.0 Å². The van der Waals surface area contributed by atoms with Crippen LogP contribution >= 0.6 is 7.82 Å². The average molecular weight is 896 g/mol.